The van der Waals surface area contributed by atoms with Crippen molar-refractivity contribution >= 4 is 21.4 Å². The van der Waals surface area contributed by atoms with E-state index in [2.05, 4.69) is 6.07 Å². The Labute approximate surface area is 126 Å². The van der Waals surface area contributed by atoms with Gasteiger partial charge in [-0.1, -0.05) is 30.3 Å². The number of benzene rings is 2. The third-order valence-corrected chi connectivity index (χ3v) is 5.22. The minimum absolute atomic E-state index is 0.238. The Bertz CT molecular complexity index is 884. The standard InChI is InChI=1S/C18H12FNS/c19-16-9-12(18(11-20)7-8-18)5-6-13(16)15-10-21-17-4-2-1-3-14(15)17/h1-6,9-10H,7-8H2. The zero-order valence-corrected chi connectivity index (χ0v) is 12.1. The van der Waals surface area contributed by atoms with Gasteiger partial charge in [0.1, 0.15) is 5.82 Å². The van der Waals surface area contributed by atoms with Crippen LogP contribution >= 0.6 is 11.3 Å². The van der Waals surface area contributed by atoms with E-state index >= 15 is 0 Å². The first-order valence-corrected chi connectivity index (χ1v) is 7.79. The Morgan fingerprint density at radius 2 is 1.90 bits per heavy atom. The highest BCUT2D eigenvalue weighted by Crippen LogP contribution is 2.48. The van der Waals surface area contributed by atoms with E-state index in [-0.39, 0.29) is 5.82 Å². The second kappa shape index (κ2) is 4.41. The van der Waals surface area contributed by atoms with Gasteiger partial charge >= 0.3 is 0 Å². The van der Waals surface area contributed by atoms with E-state index in [9.17, 15) is 9.65 Å². The van der Waals surface area contributed by atoms with Crippen molar-refractivity contribution in [1.82, 2.24) is 0 Å². The minimum Gasteiger partial charge on any atom is -0.206 e. The Kier molecular flexibility index (Phi) is 2.63. The lowest BCUT2D eigenvalue weighted by Crippen LogP contribution is -2.03. The molecule has 1 fully saturated rings. The van der Waals surface area contributed by atoms with Crippen LogP contribution in [0.1, 0.15) is 18.4 Å². The summed E-state index contributed by atoms with van der Waals surface area (Å²) in [6, 6.07) is 15.6. The molecular weight excluding hydrogens is 281 g/mol. The van der Waals surface area contributed by atoms with Gasteiger partial charge in [0.25, 0.3) is 0 Å². The molecule has 1 heterocycles. The van der Waals surface area contributed by atoms with Crippen LogP contribution in [0.4, 0.5) is 4.39 Å². The lowest BCUT2D eigenvalue weighted by molar-refractivity contribution is 0.627. The van der Waals surface area contributed by atoms with Crippen molar-refractivity contribution < 1.29 is 4.39 Å². The number of fused-ring (bicyclic) bond motifs is 1. The molecule has 21 heavy (non-hydrogen) atoms. The minimum atomic E-state index is -0.434. The molecule has 0 radical (unpaired) electrons. The Morgan fingerprint density at radius 1 is 1.10 bits per heavy atom. The SMILES string of the molecule is N#CC1(c2ccc(-c3csc4ccccc34)c(F)c2)CC1. The molecule has 0 spiro atoms. The molecular formula is C18H12FNS. The molecule has 102 valence electrons. The molecule has 2 aromatic carbocycles. The topological polar surface area (TPSA) is 23.8 Å². The lowest BCUT2D eigenvalue weighted by Gasteiger charge is -2.09. The van der Waals surface area contributed by atoms with Gasteiger partial charge in [0.05, 0.1) is 11.5 Å². The second-order valence-corrected chi connectivity index (χ2v) is 6.45. The van der Waals surface area contributed by atoms with Crippen LogP contribution in [0.25, 0.3) is 21.2 Å². The molecule has 1 nitrogen and oxygen atoms in total. The molecule has 0 atom stereocenters. The average molecular weight is 293 g/mol. The molecule has 0 amide bonds. The summed E-state index contributed by atoms with van der Waals surface area (Å²) >= 11 is 1.63. The van der Waals surface area contributed by atoms with Gasteiger partial charge in [-0.15, -0.1) is 11.3 Å². The molecule has 3 heteroatoms. The Hall–Kier alpha value is -2.18. The van der Waals surface area contributed by atoms with Gasteiger partial charge in [0.2, 0.25) is 0 Å². The Morgan fingerprint density at radius 3 is 2.62 bits per heavy atom. The van der Waals surface area contributed by atoms with Crippen LogP contribution in [0.2, 0.25) is 0 Å². The van der Waals surface area contributed by atoms with Crippen molar-refractivity contribution in [1.29, 1.82) is 5.26 Å². The van der Waals surface area contributed by atoms with E-state index in [4.69, 9.17) is 0 Å². The Balaban J connectivity index is 1.85. The van der Waals surface area contributed by atoms with E-state index in [0.717, 1.165) is 34.1 Å². The van der Waals surface area contributed by atoms with Gasteiger partial charge in [-0.05, 0) is 35.9 Å². The molecule has 3 aromatic rings. The quantitative estimate of drug-likeness (QED) is 0.632. The third kappa shape index (κ3) is 1.87. The maximum atomic E-state index is 14.5. The van der Waals surface area contributed by atoms with Crippen LogP contribution in [0.3, 0.4) is 0 Å². The first-order chi connectivity index (χ1) is 10.2. The maximum Gasteiger partial charge on any atom is 0.131 e. The molecule has 0 saturated heterocycles. The highest BCUT2D eigenvalue weighted by atomic mass is 32.1. The van der Waals surface area contributed by atoms with Crippen molar-refractivity contribution in [3.63, 3.8) is 0 Å². The number of thiophene rings is 1. The number of nitrogens with zero attached hydrogens (tertiary/aromatic N) is 1. The maximum absolute atomic E-state index is 14.5. The lowest BCUT2D eigenvalue weighted by atomic mass is 9.94. The average Bonchev–Trinajstić information content (AvgIpc) is 3.21. The van der Waals surface area contributed by atoms with E-state index < -0.39 is 5.41 Å². The highest BCUT2D eigenvalue weighted by molar-refractivity contribution is 7.17. The predicted molar refractivity (Wildman–Crippen MR) is 83.7 cm³/mol. The molecule has 1 aliphatic carbocycles. The summed E-state index contributed by atoms with van der Waals surface area (Å²) in [4.78, 5) is 0. The molecule has 1 saturated carbocycles. The third-order valence-electron chi connectivity index (χ3n) is 4.26. The summed E-state index contributed by atoms with van der Waals surface area (Å²) in [5, 5.41) is 12.3. The van der Waals surface area contributed by atoms with Gasteiger partial charge < -0.3 is 0 Å². The molecule has 1 aliphatic rings. The van der Waals surface area contributed by atoms with Crippen LogP contribution in [0.5, 0.6) is 0 Å². The summed E-state index contributed by atoms with van der Waals surface area (Å²) in [6.07, 6.45) is 1.67. The number of nitriles is 1. The van der Waals surface area contributed by atoms with Gasteiger partial charge in [0, 0.05) is 21.2 Å². The molecule has 0 N–H and O–H groups in total. The number of halogens is 1. The van der Waals surface area contributed by atoms with E-state index in [1.165, 1.54) is 6.07 Å². The highest BCUT2D eigenvalue weighted by Gasteiger charge is 2.45. The van der Waals surface area contributed by atoms with Crippen molar-refractivity contribution in [3.05, 3.63) is 59.2 Å². The van der Waals surface area contributed by atoms with Crippen LogP contribution in [0.15, 0.2) is 47.8 Å². The zero-order chi connectivity index (χ0) is 14.4. The van der Waals surface area contributed by atoms with Gasteiger partial charge in [-0.25, -0.2) is 4.39 Å². The summed E-state index contributed by atoms with van der Waals surface area (Å²) < 4.78 is 15.7. The van der Waals surface area contributed by atoms with E-state index in [0.29, 0.717) is 5.56 Å². The van der Waals surface area contributed by atoms with Crippen LogP contribution in [-0.2, 0) is 5.41 Å². The second-order valence-electron chi connectivity index (χ2n) is 5.53. The summed E-state index contributed by atoms with van der Waals surface area (Å²) in [6.45, 7) is 0. The van der Waals surface area contributed by atoms with Crippen LogP contribution in [0, 0.1) is 17.1 Å². The zero-order valence-electron chi connectivity index (χ0n) is 11.3. The number of hydrogen-bond donors (Lipinski definition) is 0. The molecule has 0 bridgehead atoms. The smallest absolute Gasteiger partial charge is 0.131 e. The summed E-state index contributed by atoms with van der Waals surface area (Å²) in [7, 11) is 0. The van der Waals surface area contributed by atoms with Gasteiger partial charge in [-0.2, -0.15) is 5.26 Å². The van der Waals surface area contributed by atoms with Gasteiger partial charge in [0.15, 0.2) is 0 Å². The van der Waals surface area contributed by atoms with E-state index in [1.807, 2.05) is 41.8 Å². The molecule has 1 aromatic heterocycles. The van der Waals surface area contributed by atoms with Crippen molar-refractivity contribution in [2.24, 2.45) is 0 Å². The molecule has 0 unspecified atom stereocenters. The fraction of sp³-hybridized carbons (Fsp3) is 0.167. The summed E-state index contributed by atoms with van der Waals surface area (Å²) in [5.41, 5.74) is 1.92. The van der Waals surface area contributed by atoms with Crippen LogP contribution in [-0.4, -0.2) is 0 Å². The van der Waals surface area contributed by atoms with Crippen molar-refractivity contribution in [3.8, 4) is 17.2 Å². The summed E-state index contributed by atoms with van der Waals surface area (Å²) in [5.74, 6) is -0.238. The first-order valence-electron chi connectivity index (χ1n) is 6.91. The number of rotatable bonds is 2. The monoisotopic (exact) mass is 293 g/mol. The van der Waals surface area contributed by atoms with Crippen LogP contribution < -0.4 is 0 Å². The van der Waals surface area contributed by atoms with Crippen molar-refractivity contribution in [2.45, 2.75) is 18.3 Å². The largest absolute Gasteiger partial charge is 0.206 e. The number of hydrogen-bond acceptors (Lipinski definition) is 2. The molecule has 0 aliphatic heterocycles. The molecule has 4 rings (SSSR count). The predicted octanol–water partition coefficient (Wildman–Crippen LogP) is 5.26. The first kappa shape index (κ1) is 12.6. The fourth-order valence-electron chi connectivity index (χ4n) is 2.81. The fourth-order valence-corrected chi connectivity index (χ4v) is 3.77. The van der Waals surface area contributed by atoms with Gasteiger partial charge in [-0.3, -0.25) is 0 Å². The normalized spacial score (nSPS) is 15.8. The van der Waals surface area contributed by atoms with E-state index in [1.54, 1.807) is 11.3 Å². The van der Waals surface area contributed by atoms with Crippen molar-refractivity contribution in [2.75, 3.05) is 0 Å².